The highest BCUT2D eigenvalue weighted by Crippen LogP contribution is 2.32. The number of alkyl halides is 3. The number of fused-ring (bicyclic) bond motifs is 1. The smallest absolute Gasteiger partial charge is 0.305 e. The summed E-state index contributed by atoms with van der Waals surface area (Å²) < 4.78 is 62.6. The molecule has 0 fully saturated rings. The third-order valence-electron chi connectivity index (χ3n) is 2.83. The molecule has 0 aromatic heterocycles. The zero-order valence-electron chi connectivity index (χ0n) is 9.93. The Hall–Kier alpha value is -1.99. The van der Waals surface area contributed by atoms with E-state index >= 15 is 0 Å². The van der Waals surface area contributed by atoms with Crippen molar-refractivity contribution in [1.82, 2.24) is 0 Å². The van der Waals surface area contributed by atoms with Crippen molar-refractivity contribution in [2.24, 2.45) is 0 Å². The Morgan fingerprint density at radius 1 is 1.10 bits per heavy atom. The Morgan fingerprint density at radius 3 is 2.35 bits per heavy atom. The van der Waals surface area contributed by atoms with Crippen LogP contribution in [0.3, 0.4) is 0 Å². The van der Waals surface area contributed by atoms with Crippen molar-refractivity contribution in [3.8, 4) is 0 Å². The summed E-state index contributed by atoms with van der Waals surface area (Å²) in [6.07, 6.45) is -6.01. The van der Waals surface area contributed by atoms with Gasteiger partial charge in [-0.15, -0.1) is 0 Å². The molecule has 0 unspecified atom stereocenters. The lowest BCUT2D eigenvalue weighted by Gasteiger charge is -2.17. The van der Waals surface area contributed by atoms with Crippen molar-refractivity contribution in [3.63, 3.8) is 0 Å². The second-order valence-corrected chi connectivity index (χ2v) is 4.29. The molecular weight excluding hydrogens is 285 g/mol. The van der Waals surface area contributed by atoms with Gasteiger partial charge in [0, 0.05) is 19.0 Å². The quantitative estimate of drug-likeness (QED) is 0.635. The molecule has 1 aliphatic rings. The zero-order valence-corrected chi connectivity index (χ0v) is 9.93. The third-order valence-corrected chi connectivity index (χ3v) is 2.83. The second kappa shape index (κ2) is 4.84. The van der Waals surface area contributed by atoms with Crippen molar-refractivity contribution in [1.29, 1.82) is 0 Å². The molecule has 1 aromatic rings. The highest BCUT2D eigenvalue weighted by molar-refractivity contribution is 6.52. The molecule has 8 heteroatoms. The number of carbonyl (C=O) groups excluding carboxylic acids is 2. The van der Waals surface area contributed by atoms with Crippen LogP contribution in [-0.4, -0.2) is 24.4 Å². The Kier molecular flexibility index (Phi) is 3.49. The molecule has 0 atom stereocenters. The number of nitrogens with zero attached hydrogens (tertiary/aromatic N) is 1. The molecular formula is C12H8F5NO2. The van der Waals surface area contributed by atoms with Crippen molar-refractivity contribution in [3.05, 3.63) is 29.3 Å². The minimum Gasteiger partial charge on any atom is -0.305 e. The van der Waals surface area contributed by atoms with E-state index < -0.39 is 54.5 Å². The number of amides is 1. The van der Waals surface area contributed by atoms with Crippen molar-refractivity contribution < 1.29 is 31.5 Å². The molecule has 0 spiro atoms. The standard InChI is InChI=1S/C12H8F5NO2/c13-6-4-7(14)9-8(5-6)18(11(20)10(9)19)3-1-2-12(15,16)17/h4-5H,1-3H2. The molecule has 20 heavy (non-hydrogen) atoms. The summed E-state index contributed by atoms with van der Waals surface area (Å²) in [6, 6.07) is 1.21. The minimum absolute atomic E-state index is 0.320. The summed E-state index contributed by atoms with van der Waals surface area (Å²) in [7, 11) is 0. The van der Waals surface area contributed by atoms with Crippen LogP contribution in [0.5, 0.6) is 0 Å². The second-order valence-electron chi connectivity index (χ2n) is 4.29. The van der Waals surface area contributed by atoms with E-state index in [4.69, 9.17) is 0 Å². The van der Waals surface area contributed by atoms with Gasteiger partial charge in [-0.2, -0.15) is 13.2 Å². The molecule has 0 saturated heterocycles. The number of halogens is 5. The van der Waals surface area contributed by atoms with Crippen LogP contribution in [0.4, 0.5) is 27.6 Å². The lowest BCUT2D eigenvalue weighted by molar-refractivity contribution is -0.135. The van der Waals surface area contributed by atoms with Gasteiger partial charge in [-0.3, -0.25) is 9.59 Å². The number of carbonyl (C=O) groups is 2. The van der Waals surface area contributed by atoms with Gasteiger partial charge in [0.05, 0.1) is 11.3 Å². The van der Waals surface area contributed by atoms with E-state index in [-0.39, 0.29) is 5.69 Å². The number of rotatable bonds is 3. The van der Waals surface area contributed by atoms with E-state index in [0.717, 1.165) is 6.07 Å². The maximum atomic E-state index is 13.4. The third kappa shape index (κ3) is 2.63. The highest BCUT2D eigenvalue weighted by Gasteiger charge is 2.39. The van der Waals surface area contributed by atoms with E-state index in [1.54, 1.807) is 0 Å². The van der Waals surface area contributed by atoms with Gasteiger partial charge < -0.3 is 4.90 Å². The summed E-state index contributed by atoms with van der Waals surface area (Å²) in [5, 5.41) is 0. The Bertz CT molecular complexity index is 582. The first-order valence-electron chi connectivity index (χ1n) is 5.62. The molecule has 0 aliphatic carbocycles. The topological polar surface area (TPSA) is 37.4 Å². The van der Waals surface area contributed by atoms with Gasteiger partial charge in [-0.25, -0.2) is 8.78 Å². The summed E-state index contributed by atoms with van der Waals surface area (Å²) in [4.78, 5) is 23.8. The first-order chi connectivity index (χ1) is 9.20. The predicted octanol–water partition coefficient (Wildman–Crippen LogP) is 2.84. The van der Waals surface area contributed by atoms with E-state index in [2.05, 4.69) is 0 Å². The molecule has 0 N–H and O–H groups in total. The molecule has 3 nitrogen and oxygen atoms in total. The normalized spacial score (nSPS) is 14.9. The van der Waals surface area contributed by atoms with Gasteiger partial charge in [0.25, 0.3) is 11.7 Å². The largest absolute Gasteiger partial charge is 0.389 e. The van der Waals surface area contributed by atoms with Gasteiger partial charge in [-0.05, 0) is 12.5 Å². The molecule has 0 saturated carbocycles. The van der Waals surface area contributed by atoms with Gasteiger partial charge >= 0.3 is 6.18 Å². The fraction of sp³-hybridized carbons (Fsp3) is 0.333. The Balaban J connectivity index is 2.25. The van der Waals surface area contributed by atoms with Crippen LogP contribution in [0.2, 0.25) is 0 Å². The molecule has 108 valence electrons. The molecule has 1 aromatic carbocycles. The fourth-order valence-corrected chi connectivity index (χ4v) is 2.00. The van der Waals surface area contributed by atoms with Crippen molar-refractivity contribution in [2.45, 2.75) is 19.0 Å². The van der Waals surface area contributed by atoms with Crippen LogP contribution in [0.1, 0.15) is 23.2 Å². The highest BCUT2D eigenvalue weighted by atomic mass is 19.4. The summed E-state index contributed by atoms with van der Waals surface area (Å²) >= 11 is 0. The van der Waals surface area contributed by atoms with Gasteiger partial charge in [0.2, 0.25) is 0 Å². The SMILES string of the molecule is O=C1C(=O)N(CCCC(F)(F)F)c2cc(F)cc(F)c21. The Morgan fingerprint density at radius 2 is 1.75 bits per heavy atom. The number of hydrogen-bond donors (Lipinski definition) is 0. The van der Waals surface area contributed by atoms with Crippen molar-refractivity contribution in [2.75, 3.05) is 11.4 Å². The van der Waals surface area contributed by atoms with E-state index in [9.17, 15) is 31.5 Å². The fourth-order valence-electron chi connectivity index (χ4n) is 2.00. The molecule has 2 rings (SSSR count). The van der Waals surface area contributed by atoms with Crippen LogP contribution >= 0.6 is 0 Å². The summed E-state index contributed by atoms with van der Waals surface area (Å²) in [5.74, 6) is -4.53. The lowest BCUT2D eigenvalue weighted by atomic mass is 10.1. The Labute approximate surface area is 110 Å². The van der Waals surface area contributed by atoms with Crippen LogP contribution < -0.4 is 4.90 Å². The average molecular weight is 293 g/mol. The molecule has 1 heterocycles. The van der Waals surface area contributed by atoms with Crippen LogP contribution in [-0.2, 0) is 4.79 Å². The molecule has 0 bridgehead atoms. The lowest BCUT2D eigenvalue weighted by Crippen LogP contribution is -2.31. The predicted molar refractivity (Wildman–Crippen MR) is 58.3 cm³/mol. The van der Waals surface area contributed by atoms with Gasteiger partial charge in [-0.1, -0.05) is 0 Å². The van der Waals surface area contributed by atoms with Crippen LogP contribution in [0, 0.1) is 11.6 Å². The monoisotopic (exact) mass is 293 g/mol. The number of Topliss-reactive ketones (excluding diaryl/α,β-unsaturated/α-hetero) is 1. The van der Waals surface area contributed by atoms with Crippen molar-refractivity contribution >= 4 is 17.4 Å². The number of benzene rings is 1. The van der Waals surface area contributed by atoms with Gasteiger partial charge in [0.1, 0.15) is 11.6 Å². The number of anilines is 1. The summed E-state index contributed by atoms with van der Waals surface area (Å²) in [6.45, 7) is -0.431. The summed E-state index contributed by atoms with van der Waals surface area (Å²) in [5.41, 5.74) is -0.914. The molecule has 1 amide bonds. The first kappa shape index (κ1) is 14.4. The molecule has 1 aliphatic heterocycles. The zero-order chi connectivity index (χ0) is 15.1. The maximum Gasteiger partial charge on any atom is 0.389 e. The average Bonchev–Trinajstić information content (AvgIpc) is 2.52. The number of hydrogen-bond acceptors (Lipinski definition) is 2. The van der Waals surface area contributed by atoms with E-state index in [0.29, 0.717) is 11.0 Å². The minimum atomic E-state index is -4.40. The van der Waals surface area contributed by atoms with E-state index in [1.165, 1.54) is 0 Å². The first-order valence-corrected chi connectivity index (χ1v) is 5.62. The van der Waals surface area contributed by atoms with E-state index in [1.807, 2.05) is 0 Å². The number of ketones is 1. The van der Waals surface area contributed by atoms with Crippen LogP contribution in [0.25, 0.3) is 0 Å². The van der Waals surface area contributed by atoms with Gasteiger partial charge in [0.15, 0.2) is 0 Å². The molecule has 0 radical (unpaired) electrons. The maximum absolute atomic E-state index is 13.4. The van der Waals surface area contributed by atoms with Crippen LogP contribution in [0.15, 0.2) is 12.1 Å².